The van der Waals surface area contributed by atoms with Crippen molar-refractivity contribution in [2.45, 2.75) is 154 Å². The van der Waals surface area contributed by atoms with E-state index in [1.54, 1.807) is 9.15 Å². The number of aliphatic hydroxyl groups is 4. The first kappa shape index (κ1) is 55.1. The highest BCUT2D eigenvalue weighted by Crippen LogP contribution is 2.38. The number of guanidine groups is 4. The third-order valence-electron chi connectivity index (χ3n) is 14.4. The van der Waals surface area contributed by atoms with Crippen LogP contribution < -0.4 is 81.0 Å². The minimum absolute atomic E-state index is 0.00573. The lowest BCUT2D eigenvalue weighted by Crippen LogP contribution is -2.91. The van der Waals surface area contributed by atoms with Crippen molar-refractivity contribution in [2.75, 3.05) is 38.6 Å². The molecule has 8 aliphatic heterocycles. The van der Waals surface area contributed by atoms with Crippen molar-refractivity contribution in [3.63, 3.8) is 0 Å². The lowest BCUT2D eigenvalue weighted by atomic mass is 9.87. The van der Waals surface area contributed by atoms with Gasteiger partial charge in [0.1, 0.15) is 25.3 Å². The molecule has 0 aromatic heterocycles. The second kappa shape index (κ2) is 22.9. The number of unbranched alkanes of at least 4 members (excludes halogenated alkanes) is 3. The average molecular weight is 1070 g/mol. The molecule has 5 amide bonds. The first-order valence-corrected chi connectivity index (χ1v) is 25.7. The highest BCUT2D eigenvalue weighted by Gasteiger charge is 2.76. The SMILES string of the molecule is NC1=[NH+]C2C(COC(=O)CCC(=O)NNC(=O)CCCCCNC(=O)CCCCC3SCC4NC(=O)NC43)NC(N)=[N+]3CCC(O)(O)C23N1.NC1=[NH+]C2C(COC(=O)CCC(=O)O)NC(N)=[N+]3CCC(O)(O)C23N1. The van der Waals surface area contributed by atoms with E-state index in [1.165, 1.54) is 0 Å². The minimum Gasteiger partial charge on any atom is -0.481 e. The fraction of sp³-hybridized carbons (Fsp3) is 0.738. The quantitative estimate of drug-likeness (QED) is 0.0127. The number of carboxylic acid groups (broad SMARTS) is 1. The molecule has 24 N–H and O–H groups in total. The number of fused-ring (bicyclic) bond motifs is 1. The molecule has 9 atom stereocenters. The second-order valence-corrected chi connectivity index (χ2v) is 20.7. The van der Waals surface area contributed by atoms with Crippen LogP contribution in [0, 0.1) is 0 Å². The van der Waals surface area contributed by atoms with E-state index >= 15 is 0 Å². The molecule has 0 aromatic carbocycles. The van der Waals surface area contributed by atoms with Crippen LogP contribution in [0.2, 0.25) is 0 Å². The minimum atomic E-state index is -2.17. The molecule has 0 bridgehead atoms. The number of urea groups is 1. The normalized spacial score (nSPS) is 30.0. The zero-order valence-corrected chi connectivity index (χ0v) is 41.5. The lowest BCUT2D eigenvalue weighted by molar-refractivity contribution is -0.674. The summed E-state index contributed by atoms with van der Waals surface area (Å²) in [4.78, 5) is 88.3. The third kappa shape index (κ3) is 11.8. The van der Waals surface area contributed by atoms with Crippen LogP contribution >= 0.6 is 11.8 Å². The van der Waals surface area contributed by atoms with Crippen LogP contribution in [0.4, 0.5) is 4.79 Å². The molecule has 31 nitrogen and oxygen atoms in total. The van der Waals surface area contributed by atoms with Gasteiger partial charge in [0.2, 0.25) is 29.3 Å². The summed E-state index contributed by atoms with van der Waals surface area (Å²) in [5.74, 6) is -6.11. The van der Waals surface area contributed by atoms with Crippen molar-refractivity contribution in [3.8, 4) is 0 Å². The van der Waals surface area contributed by atoms with Crippen molar-refractivity contribution < 1.29 is 87.7 Å². The molecule has 4 fully saturated rings. The number of carboxylic acids is 1. The molecule has 0 saturated carbocycles. The first-order chi connectivity index (χ1) is 35.1. The standard InChI is InChI=1S/C29H47N11O8S.C13H20N6O6/c30-25-36-24-16(33-26(31)40-13-11-28(46,47)29(24,40)37-25)14-48-22(44)10-9-21(43)39-38-20(42)8-2-1-5-12-32-19(41)7-4-3-6-18-23-17(15-49-18)34-27(45)35-23;14-10-17-9-6(5-25-8(22)2-1-7(20)21)16-11(15)19-4-3-12(23,24)13(9,19)18-10/h16-18,23-24,46-47H,1-15H2,(H10,30,31,32,33,34,35,36,37,38,39,41,42,43,45);6,9,23-24H,1-5H2,(H6,14,15,16,17,18,20,21)/p+4. The molecule has 0 radical (unpaired) electrons. The van der Waals surface area contributed by atoms with Crippen LogP contribution in [0.3, 0.4) is 0 Å². The molecule has 410 valence electrons. The Balaban J connectivity index is 0.000000267. The van der Waals surface area contributed by atoms with Crippen LogP contribution in [0.5, 0.6) is 0 Å². The molecule has 8 heterocycles. The molecule has 8 aliphatic rings. The number of ether oxygens (including phenoxy) is 2. The fourth-order valence-electron chi connectivity index (χ4n) is 10.8. The van der Waals surface area contributed by atoms with Crippen LogP contribution in [0.1, 0.15) is 89.9 Å². The predicted octanol–water partition coefficient (Wildman–Crippen LogP) is -11.9. The van der Waals surface area contributed by atoms with E-state index in [-0.39, 0.29) is 125 Å². The highest BCUT2D eigenvalue weighted by molar-refractivity contribution is 8.00. The Morgan fingerprint density at radius 2 is 1.18 bits per heavy atom. The van der Waals surface area contributed by atoms with E-state index < -0.39 is 70.9 Å². The van der Waals surface area contributed by atoms with E-state index in [2.05, 4.69) is 58.1 Å². The number of carbonyl (C=O) groups excluding carboxylic acids is 6. The average Bonchev–Trinajstić information content (AvgIpc) is 4.18. The van der Waals surface area contributed by atoms with Crippen molar-refractivity contribution in [1.29, 1.82) is 0 Å². The number of nitrogens with zero attached hydrogens (tertiary/aromatic N) is 2. The summed E-state index contributed by atoms with van der Waals surface area (Å²) in [7, 11) is 0. The number of rotatable bonds is 21. The van der Waals surface area contributed by atoms with Crippen LogP contribution in [-0.4, -0.2) is 203 Å². The monoisotopic (exact) mass is 1070 g/mol. The van der Waals surface area contributed by atoms with Crippen molar-refractivity contribution in [2.24, 2.45) is 22.9 Å². The van der Waals surface area contributed by atoms with E-state index in [0.717, 1.165) is 37.9 Å². The van der Waals surface area contributed by atoms with E-state index in [4.69, 9.17) is 37.5 Å². The number of nitrogens with one attached hydrogen (secondary N) is 11. The number of aliphatic carboxylic acids is 1. The number of carbonyl (C=O) groups is 7. The maximum absolute atomic E-state index is 12.4. The van der Waals surface area contributed by atoms with Gasteiger partial charge in [0.25, 0.3) is 11.3 Å². The molecule has 4 saturated heterocycles. The van der Waals surface area contributed by atoms with Gasteiger partial charge in [0.05, 0.1) is 44.4 Å². The number of amides is 5. The van der Waals surface area contributed by atoms with Gasteiger partial charge in [-0.2, -0.15) is 11.8 Å². The Morgan fingerprint density at radius 1 is 0.662 bits per heavy atom. The number of esters is 2. The van der Waals surface area contributed by atoms with Crippen molar-refractivity contribution >= 4 is 77.3 Å². The lowest BCUT2D eigenvalue weighted by Gasteiger charge is -2.40. The number of hydrogen-bond donors (Lipinski definition) is 20. The molecular formula is C42H71N17O14S+4. The summed E-state index contributed by atoms with van der Waals surface area (Å²) < 4.78 is 13.6. The molecule has 32 heteroatoms. The van der Waals surface area contributed by atoms with Gasteiger partial charge in [0, 0.05) is 49.7 Å². The maximum atomic E-state index is 12.4. The van der Waals surface area contributed by atoms with Gasteiger partial charge in [-0.05, 0) is 25.7 Å². The van der Waals surface area contributed by atoms with Crippen LogP contribution in [0.25, 0.3) is 0 Å². The van der Waals surface area contributed by atoms with Gasteiger partial charge in [0.15, 0.2) is 12.1 Å². The highest BCUT2D eigenvalue weighted by atomic mass is 32.2. The van der Waals surface area contributed by atoms with Crippen LogP contribution in [0.15, 0.2) is 0 Å². The zero-order chi connectivity index (χ0) is 53.6. The van der Waals surface area contributed by atoms with Crippen LogP contribution in [-0.2, 0) is 38.2 Å². The third-order valence-corrected chi connectivity index (χ3v) is 15.9. The largest absolute Gasteiger partial charge is 0.481 e. The Kier molecular flexibility index (Phi) is 17.0. The molecule has 0 aliphatic carbocycles. The number of hydrazine groups is 1. The van der Waals surface area contributed by atoms with Gasteiger partial charge in [-0.25, -0.2) is 24.6 Å². The zero-order valence-electron chi connectivity index (χ0n) is 40.7. The van der Waals surface area contributed by atoms with Gasteiger partial charge in [-0.15, -0.1) is 0 Å². The smallest absolute Gasteiger partial charge is 0.347 e. The summed E-state index contributed by atoms with van der Waals surface area (Å²) in [5, 5.41) is 72.0. The van der Waals surface area contributed by atoms with Crippen molar-refractivity contribution in [3.05, 3.63) is 0 Å². The number of nitrogens with two attached hydrogens (primary N) is 4. The van der Waals surface area contributed by atoms with E-state index in [9.17, 15) is 54.0 Å². The van der Waals surface area contributed by atoms with E-state index in [1.807, 2.05) is 11.8 Å². The summed E-state index contributed by atoms with van der Waals surface area (Å²) in [6.07, 6.45) is 4.36. The molecule has 0 aromatic rings. The predicted molar refractivity (Wildman–Crippen MR) is 255 cm³/mol. The molecule has 74 heavy (non-hydrogen) atoms. The molecule has 9 unspecified atom stereocenters. The van der Waals surface area contributed by atoms with Gasteiger partial charge in [-0.1, -0.05) is 12.8 Å². The topological polar surface area (TPSA) is 485 Å². The number of thioether (sulfide) groups is 1. The Morgan fingerprint density at radius 3 is 1.73 bits per heavy atom. The number of hydrogen-bond acceptors (Lipinski definition) is 22. The Hall–Kier alpha value is -6.64. The maximum Gasteiger partial charge on any atom is 0.347 e. The Labute approximate surface area is 427 Å². The summed E-state index contributed by atoms with van der Waals surface area (Å²) in [6.45, 7) is 0.723. The summed E-state index contributed by atoms with van der Waals surface area (Å²) in [5.41, 5.74) is 25.6. The van der Waals surface area contributed by atoms with Gasteiger partial charge >= 0.3 is 47.8 Å². The Bertz CT molecular complexity index is 2340. The van der Waals surface area contributed by atoms with Crippen molar-refractivity contribution in [1.82, 2.24) is 48.1 Å². The molecular weight excluding hydrogens is 999 g/mol. The molecule has 8 rings (SSSR count). The van der Waals surface area contributed by atoms with Gasteiger partial charge in [-0.3, -0.25) is 83.2 Å². The van der Waals surface area contributed by atoms with E-state index in [0.29, 0.717) is 24.6 Å². The second-order valence-electron chi connectivity index (χ2n) is 19.4. The molecule has 2 spiro atoms. The summed E-state index contributed by atoms with van der Waals surface area (Å²) >= 11 is 1.87. The van der Waals surface area contributed by atoms with Gasteiger partial charge < -0.3 is 51.0 Å². The first-order valence-electron chi connectivity index (χ1n) is 24.7. The fourth-order valence-corrected chi connectivity index (χ4v) is 12.4. The summed E-state index contributed by atoms with van der Waals surface area (Å²) in [6, 6.07) is -2.36.